The van der Waals surface area contributed by atoms with Crippen LogP contribution >= 0.6 is 0 Å². The van der Waals surface area contributed by atoms with Crippen LogP contribution in [0.4, 0.5) is 5.69 Å². The molecule has 0 aromatic carbocycles. The summed E-state index contributed by atoms with van der Waals surface area (Å²) in [6.07, 6.45) is 16.1. The molecule has 33 heavy (non-hydrogen) atoms. The Morgan fingerprint density at radius 3 is 2.85 bits per heavy atom. The van der Waals surface area contributed by atoms with Gasteiger partial charge in [-0.1, -0.05) is 12.7 Å². The second-order valence-corrected chi connectivity index (χ2v) is 8.96. The van der Waals surface area contributed by atoms with E-state index in [0.717, 1.165) is 46.0 Å². The van der Waals surface area contributed by atoms with E-state index in [0.29, 0.717) is 17.5 Å². The third-order valence-corrected chi connectivity index (χ3v) is 6.63. The summed E-state index contributed by atoms with van der Waals surface area (Å²) < 4.78 is 2.05. The largest absolute Gasteiger partial charge is 0.370 e. The molecule has 1 saturated carbocycles. The smallest absolute Gasteiger partial charge is 0.180 e. The van der Waals surface area contributed by atoms with Crippen molar-refractivity contribution in [2.45, 2.75) is 45.1 Å². The second-order valence-electron chi connectivity index (χ2n) is 8.96. The molecule has 1 aliphatic carbocycles. The van der Waals surface area contributed by atoms with E-state index in [4.69, 9.17) is 4.98 Å². The first-order chi connectivity index (χ1) is 16.2. The van der Waals surface area contributed by atoms with Gasteiger partial charge in [0.25, 0.3) is 0 Å². The zero-order valence-corrected chi connectivity index (χ0v) is 18.9. The number of nitrogens with zero attached hydrogens (tertiary/aromatic N) is 6. The molecule has 5 heterocycles. The number of aromatic amines is 2. The van der Waals surface area contributed by atoms with Gasteiger partial charge in [-0.15, -0.1) is 0 Å². The van der Waals surface area contributed by atoms with Gasteiger partial charge in [-0.2, -0.15) is 10.2 Å². The highest BCUT2D eigenvalue weighted by Crippen LogP contribution is 2.34. The molecule has 8 nitrogen and oxygen atoms in total. The average molecular weight is 441 g/mol. The van der Waals surface area contributed by atoms with E-state index < -0.39 is 0 Å². The topological polar surface area (TPSA) is 91.3 Å². The van der Waals surface area contributed by atoms with Crippen LogP contribution in [0.3, 0.4) is 0 Å². The average Bonchev–Trinajstić information content (AvgIpc) is 3.24. The van der Waals surface area contributed by atoms with Crippen molar-refractivity contribution in [2.24, 2.45) is 0 Å². The fraction of sp³-hybridized carbons (Fsp3) is 0.360. The highest BCUT2D eigenvalue weighted by atomic mass is 15.3. The third kappa shape index (κ3) is 3.65. The van der Waals surface area contributed by atoms with E-state index in [1.165, 1.54) is 37.8 Å². The summed E-state index contributed by atoms with van der Waals surface area (Å²) in [5.74, 6) is 0.707. The minimum atomic E-state index is 0.549. The van der Waals surface area contributed by atoms with Crippen molar-refractivity contribution in [2.75, 3.05) is 18.0 Å². The van der Waals surface area contributed by atoms with Crippen LogP contribution in [0.15, 0.2) is 31.2 Å². The van der Waals surface area contributed by atoms with Gasteiger partial charge in [0.05, 0.1) is 23.3 Å². The molecular weight excluding hydrogens is 412 g/mol. The van der Waals surface area contributed by atoms with Gasteiger partial charge in [-0.3, -0.25) is 9.78 Å². The molecule has 0 radical (unpaired) electrons. The highest BCUT2D eigenvalue weighted by molar-refractivity contribution is 5.90. The van der Waals surface area contributed by atoms with Crippen LogP contribution in [-0.4, -0.2) is 48.0 Å². The maximum Gasteiger partial charge on any atom is 0.180 e. The Hall–Kier alpha value is -3.68. The minimum Gasteiger partial charge on any atom is -0.370 e. The van der Waals surface area contributed by atoms with Gasteiger partial charge < -0.3 is 9.88 Å². The lowest BCUT2D eigenvalue weighted by atomic mass is 10.1. The van der Waals surface area contributed by atoms with E-state index in [1.54, 1.807) is 0 Å². The van der Waals surface area contributed by atoms with Crippen molar-refractivity contribution >= 4 is 34.6 Å². The normalized spacial score (nSPS) is 17.9. The van der Waals surface area contributed by atoms with Gasteiger partial charge in [0, 0.05) is 36.3 Å². The summed E-state index contributed by atoms with van der Waals surface area (Å²) in [6.45, 7) is 8.44. The summed E-state index contributed by atoms with van der Waals surface area (Å²) in [5.41, 5.74) is 5.54. The lowest BCUT2D eigenvalue weighted by Crippen LogP contribution is -2.29. The Morgan fingerprint density at radius 2 is 2.06 bits per heavy atom. The summed E-state index contributed by atoms with van der Waals surface area (Å²) in [5, 5.41) is 14.1. The predicted octanol–water partition coefficient (Wildman–Crippen LogP) is 3.16. The summed E-state index contributed by atoms with van der Waals surface area (Å²) in [4.78, 5) is 15.3. The van der Waals surface area contributed by atoms with Crippen molar-refractivity contribution in [1.29, 1.82) is 0 Å². The molecule has 4 aromatic heterocycles. The molecule has 0 amide bonds. The number of aromatic nitrogens is 7. The molecule has 6 rings (SSSR count). The third-order valence-electron chi connectivity index (χ3n) is 6.63. The molecule has 4 aromatic rings. The van der Waals surface area contributed by atoms with Crippen LogP contribution in [0, 0.1) is 0 Å². The molecule has 2 N–H and O–H groups in total. The molecule has 0 spiro atoms. The van der Waals surface area contributed by atoms with Crippen molar-refractivity contribution in [3.8, 4) is 11.5 Å². The molecule has 0 bridgehead atoms. The number of nitrogens with one attached hydrogen (secondary N) is 2. The standard InChI is InChI=1S/C25H28N8/c1-3-20-19(13-16(2)17-14-27-33(15-17)18-7-8-18)22(31-30-20)25-28-23-21(9-10-26-24(23)29-25)32-11-5-4-6-12-32/h3,9-10,13-15,18,30H,2,4-8,11-12H2,1H3,(H,26,28,29)/b19-13+,20-3+. The number of allylic oxidation sites excluding steroid dienone is 1. The monoisotopic (exact) mass is 440 g/mol. The number of hydrogen-bond acceptors (Lipinski definition) is 5. The van der Waals surface area contributed by atoms with Gasteiger partial charge >= 0.3 is 0 Å². The maximum atomic E-state index is 4.81. The first kappa shape index (κ1) is 20.0. The number of piperidine rings is 1. The van der Waals surface area contributed by atoms with Crippen molar-refractivity contribution in [3.05, 3.63) is 47.4 Å². The Labute approximate surface area is 191 Å². The number of fused-ring (bicyclic) bond motifs is 1. The first-order valence-electron chi connectivity index (χ1n) is 11.8. The van der Waals surface area contributed by atoms with Crippen LogP contribution in [0.2, 0.25) is 0 Å². The molecule has 0 unspecified atom stereocenters. The quantitative estimate of drug-likeness (QED) is 0.497. The highest BCUT2D eigenvalue weighted by Gasteiger charge is 2.24. The summed E-state index contributed by atoms with van der Waals surface area (Å²) >= 11 is 0. The van der Waals surface area contributed by atoms with E-state index in [2.05, 4.69) is 55.1 Å². The van der Waals surface area contributed by atoms with Crippen LogP contribution < -0.4 is 15.5 Å². The minimum absolute atomic E-state index is 0.549. The van der Waals surface area contributed by atoms with Crippen LogP contribution in [0.5, 0.6) is 0 Å². The van der Waals surface area contributed by atoms with Gasteiger partial charge in [0.2, 0.25) is 0 Å². The van der Waals surface area contributed by atoms with Crippen LogP contribution in [0.1, 0.15) is 50.6 Å². The van der Waals surface area contributed by atoms with Gasteiger partial charge in [0.15, 0.2) is 11.5 Å². The number of H-pyrrole nitrogens is 2. The lowest BCUT2D eigenvalue weighted by molar-refractivity contribution is 0.578. The van der Waals surface area contributed by atoms with Crippen molar-refractivity contribution < 1.29 is 0 Å². The van der Waals surface area contributed by atoms with Crippen LogP contribution in [0.25, 0.3) is 40.4 Å². The van der Waals surface area contributed by atoms with Crippen molar-refractivity contribution in [3.63, 3.8) is 0 Å². The lowest BCUT2D eigenvalue weighted by Gasteiger charge is -2.28. The van der Waals surface area contributed by atoms with Gasteiger partial charge in [-0.05, 0) is 56.7 Å². The Morgan fingerprint density at radius 1 is 1.21 bits per heavy atom. The Bertz CT molecular complexity index is 1440. The number of anilines is 1. The SMILES string of the molecule is C=C(/C=c1/c(-c2nc3nccc(N4CCCCC4)c3[nH]2)n[nH]/c1=C/C)c1cnn(C2CC2)c1. The zero-order valence-electron chi connectivity index (χ0n) is 18.9. The van der Waals surface area contributed by atoms with Gasteiger partial charge in [0.1, 0.15) is 11.2 Å². The molecule has 168 valence electrons. The number of rotatable bonds is 5. The predicted molar refractivity (Wildman–Crippen MR) is 131 cm³/mol. The fourth-order valence-electron chi connectivity index (χ4n) is 4.62. The van der Waals surface area contributed by atoms with Crippen molar-refractivity contribution in [1.82, 2.24) is 34.9 Å². The zero-order chi connectivity index (χ0) is 22.4. The Kier molecular flexibility index (Phi) is 4.86. The maximum absolute atomic E-state index is 4.81. The molecule has 8 heteroatoms. The van der Waals surface area contributed by atoms with E-state index >= 15 is 0 Å². The molecule has 1 aliphatic heterocycles. The first-order valence-corrected chi connectivity index (χ1v) is 11.8. The molecule has 1 saturated heterocycles. The summed E-state index contributed by atoms with van der Waals surface area (Å²) in [7, 11) is 0. The van der Waals surface area contributed by atoms with E-state index in [-0.39, 0.29) is 0 Å². The number of hydrogen-bond donors (Lipinski definition) is 2. The molecule has 2 aliphatic rings. The second kappa shape index (κ2) is 8.03. The Balaban J connectivity index is 1.42. The van der Waals surface area contributed by atoms with E-state index in [9.17, 15) is 0 Å². The van der Waals surface area contributed by atoms with Gasteiger partial charge in [-0.25, -0.2) is 9.97 Å². The van der Waals surface area contributed by atoms with Crippen LogP contribution in [-0.2, 0) is 0 Å². The molecule has 0 atom stereocenters. The fourth-order valence-corrected chi connectivity index (χ4v) is 4.62. The summed E-state index contributed by atoms with van der Waals surface area (Å²) in [6, 6.07) is 2.63. The number of pyridine rings is 1. The molecule has 2 fully saturated rings. The number of imidazole rings is 1. The molecular formula is C25H28N8. The van der Waals surface area contributed by atoms with E-state index in [1.807, 2.05) is 30.1 Å².